The molecule has 0 saturated heterocycles. The average Bonchev–Trinajstić information content (AvgIpc) is 2.13. The lowest BCUT2D eigenvalue weighted by Gasteiger charge is -2.20. The summed E-state index contributed by atoms with van der Waals surface area (Å²) in [6.07, 6.45) is -12.2. The summed E-state index contributed by atoms with van der Waals surface area (Å²) in [6.45, 7) is 1.04. The van der Waals surface area contributed by atoms with Gasteiger partial charge >= 0.3 is 19.9 Å². The molecule has 0 saturated carbocycles. The van der Waals surface area contributed by atoms with Gasteiger partial charge in [0.1, 0.15) is 0 Å². The minimum Gasteiger partial charge on any atom is -0.304 e. The maximum Gasteiger partial charge on any atom is 0.424 e. The quantitative estimate of drug-likeness (QED) is 0.551. The van der Waals surface area contributed by atoms with Crippen molar-refractivity contribution in [2.45, 2.75) is 26.2 Å². The van der Waals surface area contributed by atoms with Gasteiger partial charge in [-0.05, 0) is 13.8 Å². The van der Waals surface area contributed by atoms with Gasteiger partial charge in [0.05, 0.1) is 13.2 Å². The molecule has 0 atom stereocenters. The normalized spacial score (nSPS) is 13.5. The molecule has 0 spiro atoms. The molecule has 0 bridgehead atoms. The zero-order valence-corrected chi connectivity index (χ0v) is 10.6. The van der Waals surface area contributed by atoms with Crippen LogP contribution in [0.5, 0.6) is 0 Å². The van der Waals surface area contributed by atoms with E-state index in [0.717, 1.165) is 13.8 Å². The van der Waals surface area contributed by atoms with E-state index in [2.05, 4.69) is 9.05 Å². The van der Waals surface area contributed by atoms with Crippen molar-refractivity contribution in [2.24, 2.45) is 0 Å². The fourth-order valence-electron chi connectivity index (χ4n) is 1.02. The highest BCUT2D eigenvalue weighted by Gasteiger charge is 2.57. The zero-order chi connectivity index (χ0) is 15.5. The summed E-state index contributed by atoms with van der Waals surface area (Å²) in [6, 6.07) is 0. The number of hydrogen-bond acceptors (Lipinski definition) is 3. The van der Waals surface area contributed by atoms with Crippen molar-refractivity contribution < 1.29 is 44.3 Å². The van der Waals surface area contributed by atoms with Gasteiger partial charge in [0.25, 0.3) is 0 Å². The molecule has 0 aliphatic heterocycles. The molecule has 0 aliphatic rings. The minimum absolute atomic E-state index is 0.590. The van der Waals surface area contributed by atoms with E-state index in [0.29, 0.717) is 0 Å². The molecule has 0 fully saturated rings. The Kier molecular flexibility index (Phi) is 6.04. The summed E-state index contributed by atoms with van der Waals surface area (Å²) >= 11 is 0. The van der Waals surface area contributed by atoms with Crippen LogP contribution in [0.15, 0.2) is 11.1 Å². The summed E-state index contributed by atoms with van der Waals surface area (Å²) in [5.74, 6) is 0. The molecular weight excluding hydrogens is 308 g/mol. The Bertz CT molecular complexity index is 359. The van der Waals surface area contributed by atoms with Crippen LogP contribution in [0.25, 0.3) is 0 Å². The Hall–Kier alpha value is -0.600. The SMILES string of the molecule is CCOP(=O)(OCC)C(F)=C(C(F)(F)F)C(F)(F)F. The molecule has 0 rings (SSSR count). The molecule has 0 radical (unpaired) electrons. The first-order valence-corrected chi connectivity index (χ1v) is 6.38. The zero-order valence-electron chi connectivity index (χ0n) is 9.73. The average molecular weight is 318 g/mol. The highest BCUT2D eigenvalue weighted by molar-refractivity contribution is 7.58. The molecule has 11 heteroatoms. The number of hydrogen-bond donors (Lipinski definition) is 0. The van der Waals surface area contributed by atoms with Crippen molar-refractivity contribution in [1.82, 2.24) is 0 Å². The fourth-order valence-corrected chi connectivity index (χ4v) is 2.53. The molecule has 0 aromatic rings. The van der Waals surface area contributed by atoms with E-state index in [1.54, 1.807) is 0 Å². The summed E-state index contributed by atoms with van der Waals surface area (Å²) in [4.78, 5) is 0. The standard InChI is InChI=1S/C8H10F7O3P/c1-3-17-19(16,18-4-2)6(9)5(7(10,11)12)8(13,14)15/h3-4H2,1-2H3. The van der Waals surface area contributed by atoms with Crippen LogP contribution in [0, 0.1) is 0 Å². The van der Waals surface area contributed by atoms with Gasteiger partial charge in [-0.1, -0.05) is 0 Å². The molecule has 0 aromatic carbocycles. The third-order valence-electron chi connectivity index (χ3n) is 1.61. The highest BCUT2D eigenvalue weighted by atomic mass is 31.2. The van der Waals surface area contributed by atoms with E-state index in [1.807, 2.05) is 0 Å². The van der Waals surface area contributed by atoms with Crippen LogP contribution >= 0.6 is 7.60 Å². The van der Waals surface area contributed by atoms with Crippen LogP contribution in [0.2, 0.25) is 0 Å². The van der Waals surface area contributed by atoms with E-state index >= 15 is 0 Å². The summed E-state index contributed by atoms with van der Waals surface area (Å²) < 4.78 is 107. The van der Waals surface area contributed by atoms with Gasteiger partial charge < -0.3 is 9.05 Å². The topological polar surface area (TPSA) is 35.5 Å². The molecular formula is C8H10F7O3P. The van der Waals surface area contributed by atoms with Gasteiger partial charge in [0, 0.05) is 0 Å². The van der Waals surface area contributed by atoms with E-state index in [4.69, 9.17) is 0 Å². The third-order valence-corrected chi connectivity index (χ3v) is 3.51. The lowest BCUT2D eigenvalue weighted by molar-refractivity contribution is -0.174. The van der Waals surface area contributed by atoms with Gasteiger partial charge in [-0.25, -0.2) is 0 Å². The number of alkyl halides is 6. The lowest BCUT2D eigenvalue weighted by Crippen LogP contribution is -2.27. The molecule has 0 aromatic heterocycles. The summed E-state index contributed by atoms with van der Waals surface area (Å²) in [7, 11) is -5.29. The molecule has 0 amide bonds. The lowest BCUT2D eigenvalue weighted by atomic mass is 10.3. The molecule has 114 valence electrons. The molecule has 0 heterocycles. The Morgan fingerprint density at radius 3 is 1.47 bits per heavy atom. The maximum absolute atomic E-state index is 13.4. The molecule has 0 aliphatic carbocycles. The van der Waals surface area contributed by atoms with Gasteiger partial charge in [-0.2, -0.15) is 30.7 Å². The first-order chi connectivity index (χ1) is 8.40. The predicted molar refractivity (Wildman–Crippen MR) is 51.1 cm³/mol. The minimum atomic E-state index is -6.08. The van der Waals surface area contributed by atoms with Gasteiger partial charge in [0.15, 0.2) is 5.57 Å². The molecule has 0 unspecified atom stereocenters. The van der Waals surface area contributed by atoms with Crippen LogP contribution in [-0.2, 0) is 13.6 Å². The van der Waals surface area contributed by atoms with Crippen LogP contribution in [0.1, 0.15) is 13.8 Å². The Morgan fingerprint density at radius 2 is 1.26 bits per heavy atom. The van der Waals surface area contributed by atoms with Gasteiger partial charge in [-0.3, -0.25) is 4.57 Å². The Morgan fingerprint density at radius 1 is 0.947 bits per heavy atom. The van der Waals surface area contributed by atoms with Crippen molar-refractivity contribution in [3.05, 3.63) is 11.1 Å². The van der Waals surface area contributed by atoms with Crippen molar-refractivity contribution in [3.8, 4) is 0 Å². The maximum atomic E-state index is 13.4. The van der Waals surface area contributed by atoms with E-state index in [-0.39, 0.29) is 0 Å². The smallest absolute Gasteiger partial charge is 0.304 e. The first-order valence-electron chi connectivity index (χ1n) is 4.84. The monoisotopic (exact) mass is 318 g/mol. The predicted octanol–water partition coefficient (Wildman–Crippen LogP) is 4.56. The van der Waals surface area contributed by atoms with Crippen molar-refractivity contribution >= 4 is 7.60 Å². The number of halogens is 7. The summed E-state index contributed by atoms with van der Waals surface area (Å²) in [5, 5.41) is 0. The number of rotatable bonds is 5. The second kappa shape index (κ2) is 6.23. The highest BCUT2D eigenvalue weighted by Crippen LogP contribution is 2.61. The van der Waals surface area contributed by atoms with E-state index in [9.17, 15) is 35.3 Å². The van der Waals surface area contributed by atoms with Crippen LogP contribution in [-0.4, -0.2) is 25.6 Å². The van der Waals surface area contributed by atoms with Gasteiger partial charge in [-0.15, -0.1) is 0 Å². The summed E-state index contributed by atoms with van der Waals surface area (Å²) in [5.41, 5.74) is -6.51. The van der Waals surface area contributed by atoms with E-state index < -0.39 is 44.3 Å². The second-order valence-corrected chi connectivity index (χ2v) is 4.90. The molecule has 19 heavy (non-hydrogen) atoms. The van der Waals surface area contributed by atoms with E-state index in [1.165, 1.54) is 0 Å². The van der Waals surface area contributed by atoms with Crippen LogP contribution in [0.4, 0.5) is 30.7 Å². The van der Waals surface area contributed by atoms with Crippen LogP contribution in [0.3, 0.4) is 0 Å². The van der Waals surface area contributed by atoms with Crippen molar-refractivity contribution in [1.29, 1.82) is 0 Å². The van der Waals surface area contributed by atoms with Gasteiger partial charge in [0.2, 0.25) is 5.57 Å². The van der Waals surface area contributed by atoms with Crippen LogP contribution < -0.4 is 0 Å². The second-order valence-electron chi connectivity index (χ2n) is 2.99. The first kappa shape index (κ1) is 18.4. The fraction of sp³-hybridized carbons (Fsp3) is 0.750. The van der Waals surface area contributed by atoms with Crippen molar-refractivity contribution in [2.75, 3.05) is 13.2 Å². The Labute approximate surface area is 103 Å². The number of allylic oxidation sites excluding steroid dienone is 1. The largest absolute Gasteiger partial charge is 0.424 e. The van der Waals surface area contributed by atoms with Crippen molar-refractivity contribution in [3.63, 3.8) is 0 Å². The Balaban J connectivity index is 6.01. The molecule has 3 nitrogen and oxygen atoms in total. The third kappa shape index (κ3) is 4.77. The molecule has 0 N–H and O–H groups in total.